The standard InChI is InChI=1S/C32H52NO9P/c1-6-7-18-21-30-31(42-30)22-19-16-14-12-10-8-9-11-13-15-17-20-23-32(35)38-26-29(41-28(2)34)27-40-43(36,37)39-25-24-33(3,4)5/h7,9-12,15-19,29-31H,6,8,13-14,20-27H2,1-5H3/p+1/b11-9-,12-10-,17-15-,18-7-,19-16-/t29-,30?,31?/m1/s1. The smallest absolute Gasteiger partial charge is 0.462 e. The van der Waals surface area contributed by atoms with Crippen molar-refractivity contribution in [1.29, 1.82) is 0 Å². The molecule has 11 heteroatoms. The van der Waals surface area contributed by atoms with Crippen LogP contribution in [-0.2, 0) is 37.4 Å². The van der Waals surface area contributed by atoms with Gasteiger partial charge in [-0.05, 0) is 44.9 Å². The summed E-state index contributed by atoms with van der Waals surface area (Å²) in [5, 5.41) is 0. The summed E-state index contributed by atoms with van der Waals surface area (Å²) in [6.07, 6.45) is 27.1. The summed E-state index contributed by atoms with van der Waals surface area (Å²) in [6, 6.07) is 0. The number of ether oxygens (including phenoxy) is 3. The lowest BCUT2D eigenvalue weighted by atomic mass is 10.1. The Morgan fingerprint density at radius 2 is 1.42 bits per heavy atom. The van der Waals surface area contributed by atoms with E-state index < -0.39 is 32.5 Å². The van der Waals surface area contributed by atoms with Crippen molar-refractivity contribution in [3.8, 4) is 0 Å². The largest absolute Gasteiger partial charge is 0.472 e. The van der Waals surface area contributed by atoms with Gasteiger partial charge < -0.3 is 23.6 Å². The number of carbonyl (C=O) groups is 2. The first kappa shape index (κ1) is 38.7. The van der Waals surface area contributed by atoms with E-state index >= 15 is 0 Å². The molecule has 0 aromatic carbocycles. The SMILES string of the molecule is CC/C=C\CC1OC1C/C=C\C/C=C\C/C=C\C/C=C\CCC(=O)OC[C@H](COP(=O)(O)OCC[N+](C)(C)C)OC(C)=O. The molecule has 0 aromatic heterocycles. The highest BCUT2D eigenvalue weighted by Gasteiger charge is 2.36. The zero-order valence-corrected chi connectivity index (χ0v) is 27.5. The fourth-order valence-corrected chi connectivity index (χ4v) is 4.35. The summed E-state index contributed by atoms with van der Waals surface area (Å²) < 4.78 is 38.3. The van der Waals surface area contributed by atoms with Crippen molar-refractivity contribution in [3.05, 3.63) is 60.8 Å². The number of nitrogens with zero attached hydrogens (tertiary/aromatic N) is 1. The number of carbonyl (C=O) groups excluding carboxylic acids is 2. The van der Waals surface area contributed by atoms with Crippen LogP contribution in [0.3, 0.4) is 0 Å². The van der Waals surface area contributed by atoms with E-state index in [9.17, 15) is 19.0 Å². The van der Waals surface area contributed by atoms with E-state index in [1.54, 1.807) is 0 Å². The van der Waals surface area contributed by atoms with E-state index in [0.717, 1.165) is 38.5 Å². The van der Waals surface area contributed by atoms with Crippen molar-refractivity contribution in [2.24, 2.45) is 0 Å². The molecule has 244 valence electrons. The first-order valence-electron chi connectivity index (χ1n) is 15.1. The number of hydrogen-bond acceptors (Lipinski definition) is 8. The number of phosphoric ester groups is 1. The van der Waals surface area contributed by atoms with Crippen molar-refractivity contribution >= 4 is 19.8 Å². The molecule has 43 heavy (non-hydrogen) atoms. The van der Waals surface area contributed by atoms with E-state index in [1.807, 2.05) is 33.3 Å². The van der Waals surface area contributed by atoms with Crippen LogP contribution in [0.25, 0.3) is 0 Å². The van der Waals surface area contributed by atoms with Crippen LogP contribution in [0.5, 0.6) is 0 Å². The molecule has 1 aliphatic rings. The van der Waals surface area contributed by atoms with E-state index in [4.69, 9.17) is 23.3 Å². The van der Waals surface area contributed by atoms with E-state index in [-0.39, 0.29) is 19.6 Å². The molecule has 1 fully saturated rings. The van der Waals surface area contributed by atoms with Crippen LogP contribution in [0.1, 0.15) is 65.2 Å². The Kier molecular flexibility index (Phi) is 20.0. The lowest BCUT2D eigenvalue weighted by molar-refractivity contribution is -0.870. The summed E-state index contributed by atoms with van der Waals surface area (Å²) in [6.45, 7) is 3.09. The number of allylic oxidation sites excluding steroid dienone is 8. The monoisotopic (exact) mass is 626 g/mol. The minimum atomic E-state index is -4.34. The highest BCUT2D eigenvalue weighted by atomic mass is 31.2. The lowest BCUT2D eigenvalue weighted by Crippen LogP contribution is -2.37. The number of phosphoric acid groups is 1. The fraction of sp³-hybridized carbons (Fsp3) is 0.625. The van der Waals surface area contributed by atoms with Crippen molar-refractivity contribution in [2.75, 3.05) is 47.5 Å². The minimum Gasteiger partial charge on any atom is -0.462 e. The van der Waals surface area contributed by atoms with Gasteiger partial charge in [-0.3, -0.25) is 18.6 Å². The molecule has 4 atom stereocenters. The Morgan fingerprint density at radius 1 is 0.860 bits per heavy atom. The van der Waals surface area contributed by atoms with Gasteiger partial charge in [0.15, 0.2) is 6.10 Å². The first-order valence-corrected chi connectivity index (χ1v) is 16.6. The Labute approximate surface area is 258 Å². The van der Waals surface area contributed by atoms with Gasteiger partial charge in [0.1, 0.15) is 19.8 Å². The Bertz CT molecular complexity index is 997. The molecule has 1 aliphatic heterocycles. The van der Waals surface area contributed by atoms with Crippen LogP contribution in [0, 0.1) is 0 Å². The molecule has 0 amide bonds. The van der Waals surface area contributed by atoms with Gasteiger partial charge in [0.05, 0.1) is 40.0 Å². The first-order chi connectivity index (χ1) is 20.4. The maximum Gasteiger partial charge on any atom is 0.472 e. The van der Waals surface area contributed by atoms with Crippen LogP contribution in [0.2, 0.25) is 0 Å². The number of rotatable bonds is 24. The number of likely N-dealkylation sites (N-methyl/N-ethyl adjacent to an activating group) is 1. The predicted octanol–water partition coefficient (Wildman–Crippen LogP) is 5.99. The number of esters is 2. The Morgan fingerprint density at radius 3 is 1.98 bits per heavy atom. The number of hydrogen-bond donors (Lipinski definition) is 1. The summed E-state index contributed by atoms with van der Waals surface area (Å²) >= 11 is 0. The minimum absolute atomic E-state index is 0.0120. The average Bonchev–Trinajstić information content (AvgIpc) is 3.67. The van der Waals surface area contributed by atoms with Crippen molar-refractivity contribution in [2.45, 2.75) is 83.5 Å². The molecule has 10 nitrogen and oxygen atoms in total. The fourth-order valence-electron chi connectivity index (χ4n) is 3.61. The highest BCUT2D eigenvalue weighted by Crippen LogP contribution is 2.43. The zero-order chi connectivity index (χ0) is 32.0. The Hall–Kier alpha value is -2.33. The normalized spacial score (nSPS) is 19.6. The van der Waals surface area contributed by atoms with Gasteiger partial charge in [0.2, 0.25) is 0 Å². The molecular weight excluding hydrogens is 573 g/mol. The molecule has 1 rings (SSSR count). The van der Waals surface area contributed by atoms with Crippen LogP contribution in [0.4, 0.5) is 0 Å². The third kappa shape index (κ3) is 23.8. The van der Waals surface area contributed by atoms with Crippen molar-refractivity contribution in [1.82, 2.24) is 0 Å². The van der Waals surface area contributed by atoms with Crippen LogP contribution in [0.15, 0.2) is 60.8 Å². The Balaban J connectivity index is 2.15. The summed E-state index contributed by atoms with van der Waals surface area (Å²) in [7, 11) is 1.41. The lowest BCUT2D eigenvalue weighted by Gasteiger charge is -2.24. The van der Waals surface area contributed by atoms with Gasteiger partial charge in [-0.2, -0.15) is 0 Å². The maximum absolute atomic E-state index is 12.1. The molecule has 0 spiro atoms. The van der Waals surface area contributed by atoms with Crippen LogP contribution in [-0.4, -0.2) is 87.1 Å². The second-order valence-corrected chi connectivity index (χ2v) is 12.7. The van der Waals surface area contributed by atoms with Crippen molar-refractivity contribution in [3.63, 3.8) is 0 Å². The average molecular weight is 627 g/mol. The van der Waals surface area contributed by atoms with Gasteiger partial charge in [-0.15, -0.1) is 0 Å². The van der Waals surface area contributed by atoms with Gasteiger partial charge in [-0.1, -0.05) is 67.7 Å². The van der Waals surface area contributed by atoms with Gasteiger partial charge in [0, 0.05) is 13.3 Å². The zero-order valence-electron chi connectivity index (χ0n) is 26.6. The summed E-state index contributed by atoms with van der Waals surface area (Å²) in [5.41, 5.74) is 0. The van der Waals surface area contributed by atoms with Gasteiger partial charge in [-0.25, -0.2) is 4.57 Å². The molecule has 1 heterocycles. The third-order valence-electron chi connectivity index (χ3n) is 6.03. The summed E-state index contributed by atoms with van der Waals surface area (Å²) in [5.74, 6) is -1.10. The van der Waals surface area contributed by atoms with Crippen molar-refractivity contribution < 1.29 is 46.8 Å². The molecule has 3 unspecified atom stereocenters. The van der Waals surface area contributed by atoms with Crippen LogP contribution >= 0.6 is 7.82 Å². The van der Waals surface area contributed by atoms with Gasteiger partial charge in [0.25, 0.3) is 0 Å². The van der Waals surface area contributed by atoms with E-state index in [1.165, 1.54) is 6.92 Å². The second kappa shape index (κ2) is 22.2. The van der Waals surface area contributed by atoms with E-state index in [0.29, 0.717) is 29.7 Å². The molecule has 0 saturated carbocycles. The highest BCUT2D eigenvalue weighted by molar-refractivity contribution is 7.47. The van der Waals surface area contributed by atoms with Gasteiger partial charge >= 0.3 is 19.8 Å². The molecule has 0 aliphatic carbocycles. The quantitative estimate of drug-likeness (QED) is 0.0453. The predicted molar refractivity (Wildman–Crippen MR) is 168 cm³/mol. The van der Waals surface area contributed by atoms with Crippen LogP contribution < -0.4 is 0 Å². The molecule has 1 saturated heterocycles. The molecule has 0 radical (unpaired) electrons. The molecule has 1 N–H and O–H groups in total. The topological polar surface area (TPSA) is 121 Å². The third-order valence-corrected chi connectivity index (χ3v) is 7.01. The summed E-state index contributed by atoms with van der Waals surface area (Å²) in [4.78, 5) is 33.3. The molecule has 0 aromatic rings. The number of quaternary nitrogens is 1. The molecule has 0 bridgehead atoms. The second-order valence-electron chi connectivity index (χ2n) is 11.2. The number of epoxide rings is 1. The maximum atomic E-state index is 12.1. The molecular formula is C32H53NO9P+. The van der Waals surface area contributed by atoms with E-state index in [2.05, 4.69) is 55.5 Å².